The third kappa shape index (κ3) is 5.68. The van der Waals surface area contributed by atoms with E-state index in [1.807, 2.05) is 20.8 Å². The molecule has 1 aromatic rings. The number of cyclic esters (lactones) is 1. The summed E-state index contributed by atoms with van der Waals surface area (Å²) in [6, 6.07) is 6.66. The molecule has 1 aromatic carbocycles. The van der Waals surface area contributed by atoms with Crippen molar-refractivity contribution in [1.29, 1.82) is 0 Å². The number of carbonyl (C=O) groups excluding carboxylic acids is 3. The van der Waals surface area contributed by atoms with Crippen molar-refractivity contribution in [2.45, 2.75) is 51.7 Å². The number of esters is 2. The normalized spacial score (nSPS) is 17.3. The van der Waals surface area contributed by atoms with Gasteiger partial charge in [0.05, 0.1) is 19.4 Å². The van der Waals surface area contributed by atoms with Gasteiger partial charge >= 0.3 is 11.9 Å². The van der Waals surface area contributed by atoms with E-state index in [0.717, 1.165) is 11.1 Å². The zero-order valence-corrected chi connectivity index (χ0v) is 14.3. The minimum absolute atomic E-state index is 0.177. The fraction of sp³-hybridized carbons (Fsp3) is 0.500. The topological polar surface area (TPSA) is 81.7 Å². The Kier molecular flexibility index (Phi) is 5.59. The molecule has 1 saturated heterocycles. The van der Waals surface area contributed by atoms with E-state index in [4.69, 9.17) is 9.47 Å². The van der Waals surface area contributed by atoms with Crippen LogP contribution in [0.4, 0.5) is 0 Å². The molecule has 0 saturated carbocycles. The molecule has 1 amide bonds. The van der Waals surface area contributed by atoms with Crippen LogP contribution in [0, 0.1) is 0 Å². The molecule has 0 unspecified atom stereocenters. The molecule has 6 nitrogen and oxygen atoms in total. The number of nitrogens with one attached hydrogen (secondary N) is 1. The smallest absolute Gasteiger partial charge is 0.328 e. The van der Waals surface area contributed by atoms with Crippen molar-refractivity contribution in [2.24, 2.45) is 0 Å². The lowest BCUT2D eigenvalue weighted by molar-refractivity contribution is -0.154. The Morgan fingerprint density at radius 1 is 1.17 bits per heavy atom. The molecule has 130 valence electrons. The largest absolute Gasteiger partial charge is 0.464 e. The maximum atomic E-state index is 11.9. The Morgan fingerprint density at radius 2 is 1.75 bits per heavy atom. The van der Waals surface area contributed by atoms with Crippen molar-refractivity contribution in [2.75, 3.05) is 6.61 Å². The van der Waals surface area contributed by atoms with Gasteiger partial charge in [-0.05, 0) is 31.9 Å². The van der Waals surface area contributed by atoms with Gasteiger partial charge in [0.25, 0.3) is 0 Å². The van der Waals surface area contributed by atoms with Crippen molar-refractivity contribution >= 4 is 17.8 Å². The maximum absolute atomic E-state index is 11.9. The molecule has 1 atom stereocenters. The molecule has 24 heavy (non-hydrogen) atoms. The standard InChI is InChI=1S/C18H23NO5/c1-18(2,3)24-16(21)11-13-6-4-12(5-7-13)10-15(20)19-14-8-9-23-17(14)22/h4-7,14H,8-11H2,1-3H3,(H,19,20)/t14-/m1/s1. The fourth-order valence-electron chi connectivity index (χ4n) is 2.38. The molecule has 1 aliphatic heterocycles. The Morgan fingerprint density at radius 3 is 2.25 bits per heavy atom. The number of hydrogen-bond donors (Lipinski definition) is 1. The molecule has 6 heteroatoms. The minimum atomic E-state index is -0.538. The summed E-state index contributed by atoms with van der Waals surface area (Å²) in [7, 11) is 0. The van der Waals surface area contributed by atoms with Crippen molar-refractivity contribution in [3.8, 4) is 0 Å². The third-order valence-electron chi connectivity index (χ3n) is 3.43. The lowest BCUT2D eigenvalue weighted by Crippen LogP contribution is -2.38. The zero-order valence-electron chi connectivity index (χ0n) is 14.3. The molecule has 1 heterocycles. The van der Waals surface area contributed by atoms with Gasteiger partial charge in [-0.15, -0.1) is 0 Å². The van der Waals surface area contributed by atoms with Gasteiger partial charge in [-0.1, -0.05) is 24.3 Å². The summed E-state index contributed by atoms with van der Waals surface area (Å²) in [6.07, 6.45) is 0.882. The van der Waals surface area contributed by atoms with E-state index in [0.29, 0.717) is 13.0 Å². The van der Waals surface area contributed by atoms with Crippen LogP contribution in [0.2, 0.25) is 0 Å². The van der Waals surface area contributed by atoms with E-state index in [1.165, 1.54) is 0 Å². The molecular weight excluding hydrogens is 310 g/mol. The lowest BCUT2D eigenvalue weighted by Gasteiger charge is -2.19. The number of rotatable bonds is 5. The SMILES string of the molecule is CC(C)(C)OC(=O)Cc1ccc(CC(=O)N[C@@H]2CCOC2=O)cc1. The van der Waals surface area contributed by atoms with E-state index in [9.17, 15) is 14.4 Å². The number of hydrogen-bond acceptors (Lipinski definition) is 5. The Hall–Kier alpha value is -2.37. The summed E-state index contributed by atoms with van der Waals surface area (Å²) < 4.78 is 10.1. The Balaban J connectivity index is 1.84. The molecule has 0 bridgehead atoms. The first kappa shape index (κ1) is 18.0. The van der Waals surface area contributed by atoms with Gasteiger partial charge in [0, 0.05) is 6.42 Å². The van der Waals surface area contributed by atoms with E-state index >= 15 is 0 Å². The number of carbonyl (C=O) groups is 3. The van der Waals surface area contributed by atoms with Crippen molar-refractivity contribution < 1.29 is 23.9 Å². The molecule has 0 spiro atoms. The second-order valence-electron chi connectivity index (χ2n) is 6.83. The van der Waals surface area contributed by atoms with E-state index < -0.39 is 11.6 Å². The van der Waals surface area contributed by atoms with Crippen LogP contribution >= 0.6 is 0 Å². The molecule has 0 aromatic heterocycles. The number of amides is 1. The monoisotopic (exact) mass is 333 g/mol. The molecular formula is C18H23NO5. The second-order valence-corrected chi connectivity index (χ2v) is 6.83. The summed E-state index contributed by atoms with van der Waals surface area (Å²) >= 11 is 0. The fourth-order valence-corrected chi connectivity index (χ4v) is 2.38. The summed E-state index contributed by atoms with van der Waals surface area (Å²) in [5, 5.41) is 2.66. The third-order valence-corrected chi connectivity index (χ3v) is 3.43. The lowest BCUT2D eigenvalue weighted by atomic mass is 10.1. The molecule has 1 fully saturated rings. The Labute approximate surface area is 141 Å². The van der Waals surface area contributed by atoms with Crippen LogP contribution in [0.15, 0.2) is 24.3 Å². The van der Waals surface area contributed by atoms with Crippen LogP contribution in [-0.2, 0) is 36.7 Å². The Bertz CT molecular complexity index is 615. The molecule has 0 radical (unpaired) electrons. The van der Waals surface area contributed by atoms with Crippen LogP contribution in [0.5, 0.6) is 0 Å². The van der Waals surface area contributed by atoms with Gasteiger partial charge in [0.15, 0.2) is 0 Å². The summed E-state index contributed by atoms with van der Waals surface area (Å²) in [5.74, 6) is -0.887. The average Bonchev–Trinajstić information content (AvgIpc) is 2.84. The van der Waals surface area contributed by atoms with E-state index in [2.05, 4.69) is 5.32 Å². The van der Waals surface area contributed by atoms with Crippen molar-refractivity contribution in [3.05, 3.63) is 35.4 Å². The van der Waals surface area contributed by atoms with Crippen LogP contribution in [-0.4, -0.2) is 36.1 Å². The van der Waals surface area contributed by atoms with Gasteiger partial charge in [0.2, 0.25) is 5.91 Å². The van der Waals surface area contributed by atoms with Crippen LogP contribution in [0.3, 0.4) is 0 Å². The van der Waals surface area contributed by atoms with Crippen molar-refractivity contribution in [1.82, 2.24) is 5.32 Å². The zero-order chi connectivity index (χ0) is 17.7. The first-order valence-electron chi connectivity index (χ1n) is 7.98. The summed E-state index contributed by atoms with van der Waals surface area (Å²) in [4.78, 5) is 35.1. The average molecular weight is 333 g/mol. The second kappa shape index (κ2) is 7.47. The van der Waals surface area contributed by atoms with Crippen LogP contribution in [0.25, 0.3) is 0 Å². The first-order chi connectivity index (χ1) is 11.2. The maximum Gasteiger partial charge on any atom is 0.328 e. The molecule has 2 rings (SSSR count). The highest BCUT2D eigenvalue weighted by atomic mass is 16.6. The molecule has 1 N–H and O–H groups in total. The minimum Gasteiger partial charge on any atom is -0.464 e. The summed E-state index contributed by atoms with van der Waals surface area (Å²) in [5.41, 5.74) is 1.14. The highest BCUT2D eigenvalue weighted by molar-refractivity contribution is 5.86. The summed E-state index contributed by atoms with van der Waals surface area (Å²) in [6.45, 7) is 5.83. The molecule has 0 aliphatic carbocycles. The quantitative estimate of drug-likeness (QED) is 0.827. The van der Waals surface area contributed by atoms with Crippen LogP contribution < -0.4 is 5.32 Å². The van der Waals surface area contributed by atoms with Crippen LogP contribution in [0.1, 0.15) is 38.3 Å². The van der Waals surface area contributed by atoms with Gasteiger partial charge in [-0.3, -0.25) is 9.59 Å². The van der Waals surface area contributed by atoms with Gasteiger partial charge < -0.3 is 14.8 Å². The van der Waals surface area contributed by atoms with E-state index in [1.54, 1.807) is 24.3 Å². The van der Waals surface area contributed by atoms with E-state index in [-0.39, 0.29) is 30.7 Å². The highest BCUT2D eigenvalue weighted by Gasteiger charge is 2.27. The molecule has 1 aliphatic rings. The first-order valence-corrected chi connectivity index (χ1v) is 7.98. The predicted octanol–water partition coefficient (Wildman–Crippen LogP) is 1.54. The van der Waals surface area contributed by atoms with Gasteiger partial charge in [-0.25, -0.2) is 4.79 Å². The highest BCUT2D eigenvalue weighted by Crippen LogP contribution is 2.12. The number of benzene rings is 1. The predicted molar refractivity (Wildman–Crippen MR) is 87.2 cm³/mol. The van der Waals surface area contributed by atoms with Gasteiger partial charge in [-0.2, -0.15) is 0 Å². The van der Waals surface area contributed by atoms with Crippen molar-refractivity contribution in [3.63, 3.8) is 0 Å². The number of ether oxygens (including phenoxy) is 2. The van der Waals surface area contributed by atoms with Gasteiger partial charge in [0.1, 0.15) is 11.6 Å².